The Balaban J connectivity index is 0. The molecule has 0 aromatic rings. The molecular formula is C5H11IO4S. The fourth-order valence-corrected chi connectivity index (χ4v) is 0.379. The number of aliphatic hydroxyl groups excluding tert-OH is 2. The monoisotopic (exact) mass is 294 g/mol. The summed E-state index contributed by atoms with van der Waals surface area (Å²) in [6, 6.07) is 0. The van der Waals surface area contributed by atoms with Crippen LogP contribution in [0.3, 0.4) is 0 Å². The normalized spacial score (nSPS) is 11.5. The molecule has 0 bridgehead atoms. The van der Waals surface area contributed by atoms with E-state index < -0.39 is 18.7 Å². The van der Waals surface area contributed by atoms with Crippen LogP contribution in [0.1, 0.15) is 0 Å². The van der Waals surface area contributed by atoms with E-state index in [1.165, 1.54) is 0 Å². The third kappa shape index (κ3) is 8.38. The van der Waals surface area contributed by atoms with Gasteiger partial charge in [-0.25, -0.2) is 0 Å². The maximum atomic E-state index is 10.3. The van der Waals surface area contributed by atoms with E-state index in [0.717, 1.165) is 0 Å². The van der Waals surface area contributed by atoms with E-state index in [1.54, 1.807) is 0 Å². The van der Waals surface area contributed by atoms with Gasteiger partial charge in [0.2, 0.25) is 0 Å². The molecule has 0 aliphatic carbocycles. The molecule has 0 aliphatic rings. The molecule has 4 nitrogen and oxygen atoms in total. The topological polar surface area (TPSA) is 66.8 Å². The highest BCUT2D eigenvalue weighted by Crippen LogP contribution is 1.86. The summed E-state index contributed by atoms with van der Waals surface area (Å²) < 4.78 is 4.42. The number of carbonyl (C=O) groups excluding carboxylic acids is 1. The number of carbonyl (C=O) groups is 1. The molecule has 1 atom stereocenters. The van der Waals surface area contributed by atoms with Gasteiger partial charge in [0.05, 0.1) is 12.4 Å². The van der Waals surface area contributed by atoms with Crippen molar-refractivity contribution in [3.05, 3.63) is 0 Å². The predicted molar refractivity (Wildman–Crippen MR) is 53.3 cm³/mol. The Morgan fingerprint density at radius 3 is 2.55 bits per heavy atom. The predicted octanol–water partition coefficient (Wildman–Crippen LogP) is -0.569. The molecule has 68 valence electrons. The second-order valence-corrected chi connectivity index (χ2v) is 1.99. The smallest absolute Gasteiger partial charge is 0.315 e. The van der Waals surface area contributed by atoms with Crippen molar-refractivity contribution >= 4 is 42.6 Å². The zero-order valence-corrected chi connectivity index (χ0v) is 8.99. The number of thiol groups is 1. The van der Waals surface area contributed by atoms with Crippen LogP contribution < -0.4 is 0 Å². The molecule has 6 heteroatoms. The highest BCUT2D eigenvalue weighted by atomic mass is 127. The molecule has 0 saturated carbocycles. The summed E-state index contributed by atoms with van der Waals surface area (Å²) in [6.45, 7) is -0.574. The van der Waals surface area contributed by atoms with E-state index in [0.29, 0.717) is 0 Å². The summed E-state index contributed by atoms with van der Waals surface area (Å²) in [4.78, 5) is 10.3. The Morgan fingerprint density at radius 2 is 2.18 bits per heavy atom. The Kier molecular flexibility index (Phi) is 10.9. The van der Waals surface area contributed by atoms with Gasteiger partial charge in [-0.2, -0.15) is 12.6 Å². The third-order valence-corrected chi connectivity index (χ3v) is 1.03. The summed E-state index contributed by atoms with van der Waals surface area (Å²) in [7, 11) is 0. The van der Waals surface area contributed by atoms with Crippen LogP contribution in [0.4, 0.5) is 0 Å². The number of hydrogen-bond donors (Lipinski definition) is 3. The van der Waals surface area contributed by atoms with Gasteiger partial charge < -0.3 is 14.9 Å². The van der Waals surface area contributed by atoms with Gasteiger partial charge in [-0.15, -0.1) is 24.0 Å². The fourth-order valence-electron chi connectivity index (χ4n) is 0.287. The van der Waals surface area contributed by atoms with Gasteiger partial charge >= 0.3 is 5.97 Å². The van der Waals surface area contributed by atoms with E-state index in [9.17, 15) is 4.79 Å². The van der Waals surface area contributed by atoms with Crippen molar-refractivity contribution < 1.29 is 19.7 Å². The SMILES string of the molecule is I.O=C(CS)OCC(O)CO. The third-order valence-electron chi connectivity index (χ3n) is 0.777. The van der Waals surface area contributed by atoms with Crippen LogP contribution in [-0.2, 0) is 9.53 Å². The standard InChI is InChI=1S/C5H10O4S.HI/c6-1-4(7)2-9-5(8)3-10;/h4,6-7,10H,1-3H2;1H. The molecule has 0 fully saturated rings. The number of ether oxygens (including phenoxy) is 1. The highest BCUT2D eigenvalue weighted by molar-refractivity contribution is 14.0. The first-order valence-corrected chi connectivity index (χ1v) is 3.39. The van der Waals surface area contributed by atoms with Crippen LogP contribution in [0.15, 0.2) is 0 Å². The van der Waals surface area contributed by atoms with Crippen LogP contribution in [0, 0.1) is 0 Å². The molecule has 0 radical (unpaired) electrons. The molecule has 1 unspecified atom stereocenters. The number of halogens is 1. The van der Waals surface area contributed by atoms with Crippen molar-refractivity contribution in [3.8, 4) is 0 Å². The minimum Gasteiger partial charge on any atom is -0.462 e. The van der Waals surface area contributed by atoms with Crippen LogP contribution in [-0.4, -0.2) is 41.3 Å². The molecule has 0 rings (SSSR count). The van der Waals surface area contributed by atoms with Gasteiger partial charge in [0, 0.05) is 0 Å². The van der Waals surface area contributed by atoms with Crippen LogP contribution in [0.25, 0.3) is 0 Å². The van der Waals surface area contributed by atoms with E-state index >= 15 is 0 Å². The minimum atomic E-state index is -0.983. The number of hydrogen-bond acceptors (Lipinski definition) is 5. The first-order valence-electron chi connectivity index (χ1n) is 2.76. The molecule has 11 heavy (non-hydrogen) atoms. The van der Waals surface area contributed by atoms with Gasteiger partial charge in [0.25, 0.3) is 0 Å². The summed E-state index contributed by atoms with van der Waals surface area (Å²) in [5.41, 5.74) is 0. The molecule has 0 aromatic carbocycles. The zero-order valence-electron chi connectivity index (χ0n) is 5.77. The molecule has 0 aromatic heterocycles. The van der Waals surface area contributed by atoms with Crippen LogP contribution in [0.5, 0.6) is 0 Å². The zero-order chi connectivity index (χ0) is 7.98. The molecule has 2 N–H and O–H groups in total. The lowest BCUT2D eigenvalue weighted by atomic mass is 10.4. The van der Waals surface area contributed by atoms with Crippen molar-refractivity contribution in [3.63, 3.8) is 0 Å². The van der Waals surface area contributed by atoms with E-state index in [4.69, 9.17) is 10.2 Å². The first-order chi connectivity index (χ1) is 4.70. The summed E-state index contributed by atoms with van der Waals surface area (Å²) in [5.74, 6) is -0.520. The largest absolute Gasteiger partial charge is 0.462 e. The molecule has 0 heterocycles. The van der Waals surface area contributed by atoms with E-state index in [2.05, 4.69) is 17.4 Å². The summed E-state index contributed by atoms with van der Waals surface area (Å²) in [5, 5.41) is 16.9. The lowest BCUT2D eigenvalue weighted by Gasteiger charge is -2.06. The van der Waals surface area contributed by atoms with Gasteiger partial charge in [-0.3, -0.25) is 4.79 Å². The first kappa shape index (κ1) is 14.0. The van der Waals surface area contributed by atoms with Crippen molar-refractivity contribution in [2.24, 2.45) is 0 Å². The highest BCUT2D eigenvalue weighted by Gasteiger charge is 2.04. The second-order valence-electron chi connectivity index (χ2n) is 1.68. The summed E-state index contributed by atoms with van der Waals surface area (Å²) in [6.07, 6.45) is -0.983. The number of rotatable bonds is 4. The number of aliphatic hydroxyl groups is 2. The van der Waals surface area contributed by atoms with E-state index in [1.807, 2.05) is 0 Å². The molecule has 0 saturated heterocycles. The van der Waals surface area contributed by atoms with Crippen molar-refractivity contribution in [2.75, 3.05) is 19.0 Å². The van der Waals surface area contributed by atoms with Crippen molar-refractivity contribution in [1.29, 1.82) is 0 Å². The van der Waals surface area contributed by atoms with Gasteiger partial charge in [-0.1, -0.05) is 0 Å². The van der Waals surface area contributed by atoms with Gasteiger partial charge in [0.1, 0.15) is 12.7 Å². The van der Waals surface area contributed by atoms with Crippen molar-refractivity contribution in [1.82, 2.24) is 0 Å². The van der Waals surface area contributed by atoms with Gasteiger partial charge in [0.15, 0.2) is 0 Å². The maximum Gasteiger partial charge on any atom is 0.315 e. The molecular weight excluding hydrogens is 283 g/mol. The lowest BCUT2D eigenvalue weighted by Crippen LogP contribution is -2.22. The molecule has 0 amide bonds. The fraction of sp³-hybridized carbons (Fsp3) is 0.800. The Labute approximate surface area is 87.4 Å². The summed E-state index contributed by atoms with van der Waals surface area (Å²) >= 11 is 3.63. The molecule has 0 spiro atoms. The number of esters is 1. The Morgan fingerprint density at radius 1 is 1.64 bits per heavy atom. The van der Waals surface area contributed by atoms with Crippen LogP contribution >= 0.6 is 36.6 Å². The Bertz CT molecular complexity index is 111. The minimum absolute atomic E-state index is 0. The average molecular weight is 294 g/mol. The van der Waals surface area contributed by atoms with Gasteiger partial charge in [-0.05, 0) is 0 Å². The maximum absolute atomic E-state index is 10.3. The quantitative estimate of drug-likeness (QED) is 0.369. The second kappa shape index (κ2) is 8.57. The van der Waals surface area contributed by atoms with E-state index in [-0.39, 0.29) is 36.3 Å². The lowest BCUT2D eigenvalue weighted by molar-refractivity contribution is -0.144. The average Bonchev–Trinajstić information content (AvgIpc) is 1.99. The van der Waals surface area contributed by atoms with Crippen molar-refractivity contribution in [2.45, 2.75) is 6.10 Å². The molecule has 0 aliphatic heterocycles. The van der Waals surface area contributed by atoms with Crippen LogP contribution in [0.2, 0.25) is 0 Å². The Hall–Kier alpha value is 0.470.